The summed E-state index contributed by atoms with van der Waals surface area (Å²) in [5, 5.41) is 5.65. The van der Waals surface area contributed by atoms with Crippen LogP contribution in [-0.4, -0.2) is 37.7 Å². The van der Waals surface area contributed by atoms with Gasteiger partial charge in [-0.15, -0.1) is 0 Å². The van der Waals surface area contributed by atoms with Crippen LogP contribution in [0.25, 0.3) is 0 Å². The Morgan fingerprint density at radius 1 is 1.14 bits per heavy atom. The van der Waals surface area contributed by atoms with Crippen molar-refractivity contribution in [1.29, 1.82) is 0 Å². The molecule has 2 aromatic rings. The molecule has 1 aliphatic heterocycles. The molecule has 1 heterocycles. The van der Waals surface area contributed by atoms with Gasteiger partial charge >= 0.3 is 0 Å². The van der Waals surface area contributed by atoms with Crippen molar-refractivity contribution in [1.82, 2.24) is 5.32 Å². The predicted octanol–water partition coefficient (Wildman–Crippen LogP) is 3.23. The van der Waals surface area contributed by atoms with Crippen LogP contribution in [0.15, 0.2) is 42.5 Å². The zero-order chi connectivity index (χ0) is 19.9. The summed E-state index contributed by atoms with van der Waals surface area (Å²) in [4.78, 5) is 24.9. The predicted molar refractivity (Wildman–Crippen MR) is 108 cm³/mol. The quantitative estimate of drug-likeness (QED) is 0.771. The zero-order valence-corrected chi connectivity index (χ0v) is 16.3. The number of rotatable bonds is 7. The molecule has 1 aliphatic rings. The van der Waals surface area contributed by atoms with E-state index in [2.05, 4.69) is 10.6 Å². The average Bonchev–Trinajstić information content (AvgIpc) is 3.21. The van der Waals surface area contributed by atoms with Gasteiger partial charge in [0.15, 0.2) is 6.61 Å². The number of nitrogens with one attached hydrogen (secondary N) is 2. The standard InChI is InChI=1S/C22H26N2O4/c1-15-7-5-11-20(16(15)2)28-14-21(25)24-19-10-4-3-9-18(19)22(26)23-13-17-8-6-12-27-17/h3-5,7,9-11,17H,6,8,12-14H2,1-2H3,(H,23,26)(H,24,25)/t17-/m1/s1. The summed E-state index contributed by atoms with van der Waals surface area (Å²) in [7, 11) is 0. The van der Waals surface area contributed by atoms with Gasteiger partial charge in [0.05, 0.1) is 17.4 Å². The van der Waals surface area contributed by atoms with Gasteiger partial charge in [-0.2, -0.15) is 0 Å². The minimum absolute atomic E-state index is 0.0664. The van der Waals surface area contributed by atoms with Crippen molar-refractivity contribution in [2.24, 2.45) is 0 Å². The fraction of sp³-hybridized carbons (Fsp3) is 0.364. The zero-order valence-electron chi connectivity index (χ0n) is 16.3. The fourth-order valence-electron chi connectivity index (χ4n) is 3.11. The molecule has 0 aliphatic carbocycles. The summed E-state index contributed by atoms with van der Waals surface area (Å²) >= 11 is 0. The number of para-hydroxylation sites is 1. The molecule has 0 aromatic heterocycles. The molecule has 2 N–H and O–H groups in total. The number of hydrogen-bond donors (Lipinski definition) is 2. The number of aryl methyl sites for hydroxylation is 1. The molecule has 6 nitrogen and oxygen atoms in total. The lowest BCUT2D eigenvalue weighted by atomic mass is 10.1. The molecule has 2 aromatic carbocycles. The van der Waals surface area contributed by atoms with Gasteiger partial charge in [-0.05, 0) is 56.0 Å². The molecule has 6 heteroatoms. The summed E-state index contributed by atoms with van der Waals surface area (Å²) in [6, 6.07) is 12.7. The van der Waals surface area contributed by atoms with Crippen LogP contribution < -0.4 is 15.4 Å². The first kappa shape index (κ1) is 19.9. The van der Waals surface area contributed by atoms with Crippen molar-refractivity contribution >= 4 is 17.5 Å². The summed E-state index contributed by atoms with van der Waals surface area (Å²) in [5.74, 6) is 0.125. The molecule has 0 bridgehead atoms. The lowest BCUT2D eigenvalue weighted by Crippen LogP contribution is -2.32. The largest absolute Gasteiger partial charge is 0.483 e. The summed E-state index contributed by atoms with van der Waals surface area (Å²) in [6.07, 6.45) is 2.04. The van der Waals surface area contributed by atoms with Gasteiger partial charge in [0.1, 0.15) is 5.75 Å². The van der Waals surface area contributed by atoms with Crippen molar-refractivity contribution in [3.63, 3.8) is 0 Å². The first-order valence-electron chi connectivity index (χ1n) is 9.52. The number of benzene rings is 2. The third-order valence-corrected chi connectivity index (χ3v) is 4.87. The van der Waals surface area contributed by atoms with E-state index < -0.39 is 0 Å². The van der Waals surface area contributed by atoms with E-state index in [0.29, 0.717) is 23.5 Å². The van der Waals surface area contributed by atoms with E-state index in [4.69, 9.17) is 9.47 Å². The second kappa shape index (κ2) is 9.37. The van der Waals surface area contributed by atoms with Crippen molar-refractivity contribution in [2.75, 3.05) is 25.1 Å². The number of carbonyl (C=O) groups excluding carboxylic acids is 2. The highest BCUT2D eigenvalue weighted by molar-refractivity contribution is 6.04. The van der Waals surface area contributed by atoms with E-state index in [1.807, 2.05) is 32.0 Å². The molecule has 3 rings (SSSR count). The normalized spacial score (nSPS) is 15.9. The van der Waals surface area contributed by atoms with Crippen LogP contribution in [0.4, 0.5) is 5.69 Å². The molecule has 1 fully saturated rings. The van der Waals surface area contributed by atoms with E-state index >= 15 is 0 Å². The Morgan fingerprint density at radius 2 is 1.96 bits per heavy atom. The van der Waals surface area contributed by atoms with Crippen LogP contribution in [-0.2, 0) is 9.53 Å². The fourth-order valence-corrected chi connectivity index (χ4v) is 3.11. The van der Waals surface area contributed by atoms with Gasteiger partial charge in [0, 0.05) is 13.2 Å². The van der Waals surface area contributed by atoms with Crippen LogP contribution in [0.1, 0.15) is 34.3 Å². The van der Waals surface area contributed by atoms with Gasteiger partial charge in [-0.3, -0.25) is 9.59 Å². The lowest BCUT2D eigenvalue weighted by molar-refractivity contribution is -0.118. The summed E-state index contributed by atoms with van der Waals surface area (Å²) in [5.41, 5.74) is 2.98. The lowest BCUT2D eigenvalue weighted by Gasteiger charge is -2.14. The molecule has 0 saturated carbocycles. The Balaban J connectivity index is 1.58. The average molecular weight is 382 g/mol. The van der Waals surface area contributed by atoms with Gasteiger partial charge in [-0.25, -0.2) is 0 Å². The maximum absolute atomic E-state index is 12.5. The topological polar surface area (TPSA) is 76.7 Å². The van der Waals surface area contributed by atoms with Gasteiger partial charge < -0.3 is 20.1 Å². The highest BCUT2D eigenvalue weighted by Crippen LogP contribution is 2.21. The smallest absolute Gasteiger partial charge is 0.262 e. The minimum Gasteiger partial charge on any atom is -0.483 e. The first-order valence-corrected chi connectivity index (χ1v) is 9.52. The first-order chi connectivity index (χ1) is 13.5. The second-order valence-electron chi connectivity index (χ2n) is 6.93. The molecule has 28 heavy (non-hydrogen) atoms. The molecule has 2 amide bonds. The SMILES string of the molecule is Cc1cccc(OCC(=O)Nc2ccccc2C(=O)NC[C@H]2CCCO2)c1C. The Morgan fingerprint density at radius 3 is 2.75 bits per heavy atom. The maximum atomic E-state index is 12.5. The van der Waals surface area contributed by atoms with Crippen molar-refractivity contribution in [3.8, 4) is 5.75 Å². The van der Waals surface area contributed by atoms with E-state index in [-0.39, 0.29) is 24.5 Å². The van der Waals surface area contributed by atoms with Crippen LogP contribution >= 0.6 is 0 Å². The molecular formula is C22H26N2O4. The molecule has 0 radical (unpaired) electrons. The van der Waals surface area contributed by atoms with Crippen LogP contribution in [0.5, 0.6) is 5.75 Å². The maximum Gasteiger partial charge on any atom is 0.262 e. The second-order valence-corrected chi connectivity index (χ2v) is 6.93. The summed E-state index contributed by atoms with van der Waals surface area (Å²) < 4.78 is 11.2. The van der Waals surface area contributed by atoms with Gasteiger partial charge in [0.25, 0.3) is 11.8 Å². The molecule has 1 saturated heterocycles. The number of amides is 2. The Kier molecular flexibility index (Phi) is 6.66. The van der Waals surface area contributed by atoms with Crippen LogP contribution in [0, 0.1) is 13.8 Å². The minimum atomic E-state index is -0.319. The number of ether oxygens (including phenoxy) is 2. The van der Waals surface area contributed by atoms with Gasteiger partial charge in [0.2, 0.25) is 0 Å². The number of carbonyl (C=O) groups is 2. The monoisotopic (exact) mass is 382 g/mol. The molecule has 148 valence electrons. The van der Waals surface area contributed by atoms with E-state index in [1.165, 1.54) is 0 Å². The van der Waals surface area contributed by atoms with E-state index in [1.54, 1.807) is 24.3 Å². The molecule has 1 atom stereocenters. The Bertz CT molecular complexity index is 844. The van der Waals surface area contributed by atoms with E-state index in [9.17, 15) is 9.59 Å². The van der Waals surface area contributed by atoms with E-state index in [0.717, 1.165) is 30.6 Å². The molecule has 0 unspecified atom stereocenters. The number of hydrogen-bond acceptors (Lipinski definition) is 4. The Hall–Kier alpha value is -2.86. The van der Waals surface area contributed by atoms with Crippen molar-refractivity contribution < 1.29 is 19.1 Å². The van der Waals surface area contributed by atoms with Gasteiger partial charge in [-0.1, -0.05) is 24.3 Å². The molecule has 0 spiro atoms. The number of anilines is 1. The highest BCUT2D eigenvalue weighted by Gasteiger charge is 2.18. The van der Waals surface area contributed by atoms with Crippen LogP contribution in [0.2, 0.25) is 0 Å². The third kappa shape index (κ3) is 5.10. The van der Waals surface area contributed by atoms with Crippen LogP contribution in [0.3, 0.4) is 0 Å². The van der Waals surface area contributed by atoms with Crippen molar-refractivity contribution in [2.45, 2.75) is 32.8 Å². The highest BCUT2D eigenvalue weighted by atomic mass is 16.5. The molecular weight excluding hydrogens is 356 g/mol. The van der Waals surface area contributed by atoms with Crippen molar-refractivity contribution in [3.05, 3.63) is 59.2 Å². The third-order valence-electron chi connectivity index (χ3n) is 4.87. The Labute approximate surface area is 165 Å². The summed E-state index contributed by atoms with van der Waals surface area (Å²) in [6.45, 7) is 5.03.